The SMILES string of the molecule is CCc1nc(-c2ncn3c2C(C)(C)N(C(=O)N2CCCC2)c2c(Cl)cccc2-3)no1. The van der Waals surface area contributed by atoms with E-state index < -0.39 is 5.54 Å². The summed E-state index contributed by atoms with van der Waals surface area (Å²) in [5, 5.41) is 4.65. The van der Waals surface area contributed by atoms with E-state index in [9.17, 15) is 4.79 Å². The monoisotopic (exact) mass is 426 g/mol. The molecular formula is C21H23ClN6O2. The molecule has 0 spiro atoms. The number of carbonyl (C=O) groups is 1. The van der Waals surface area contributed by atoms with Gasteiger partial charge < -0.3 is 9.42 Å². The summed E-state index contributed by atoms with van der Waals surface area (Å²) >= 11 is 6.64. The summed E-state index contributed by atoms with van der Waals surface area (Å²) in [6.45, 7) is 7.47. The number of hydrogen-bond donors (Lipinski definition) is 0. The average molecular weight is 427 g/mol. The van der Waals surface area contributed by atoms with Crippen molar-refractivity contribution in [2.24, 2.45) is 0 Å². The molecule has 156 valence electrons. The molecule has 1 aromatic carbocycles. The van der Waals surface area contributed by atoms with Crippen molar-refractivity contribution in [2.75, 3.05) is 18.0 Å². The standard InChI is InChI=1S/C21H23ClN6O2/c1-4-15-24-19(25-30-15)16-18-21(2,3)28(20(29)26-10-5-6-11-26)17-13(22)8-7-9-14(17)27(18)12-23-16/h7-9,12H,4-6,10-11H2,1-3H3. The maximum atomic E-state index is 13.7. The zero-order chi connectivity index (χ0) is 21.0. The van der Waals surface area contributed by atoms with Crippen molar-refractivity contribution in [3.05, 3.63) is 41.1 Å². The number of aromatic nitrogens is 4. The van der Waals surface area contributed by atoms with Crippen LogP contribution in [0.15, 0.2) is 29.0 Å². The molecule has 0 aliphatic carbocycles. The Balaban J connectivity index is 1.74. The molecule has 2 aromatic heterocycles. The number of imidazole rings is 1. The van der Waals surface area contributed by atoms with E-state index in [1.54, 1.807) is 11.2 Å². The van der Waals surface area contributed by atoms with Crippen LogP contribution in [0.5, 0.6) is 0 Å². The summed E-state index contributed by atoms with van der Waals surface area (Å²) < 4.78 is 7.30. The molecule has 2 amide bonds. The molecule has 1 fully saturated rings. The third-order valence-electron chi connectivity index (χ3n) is 5.90. The number of carbonyl (C=O) groups excluding carboxylic acids is 1. The number of rotatable bonds is 2. The summed E-state index contributed by atoms with van der Waals surface area (Å²) in [4.78, 5) is 26.5. The van der Waals surface area contributed by atoms with Gasteiger partial charge in [-0.1, -0.05) is 29.7 Å². The number of benzene rings is 1. The molecule has 0 unspecified atom stereocenters. The summed E-state index contributed by atoms with van der Waals surface area (Å²) in [6.07, 6.45) is 4.41. The third kappa shape index (κ3) is 2.66. The van der Waals surface area contributed by atoms with Crippen LogP contribution in [0.1, 0.15) is 45.2 Å². The maximum absolute atomic E-state index is 13.7. The number of halogens is 1. The number of amides is 2. The minimum atomic E-state index is -0.740. The first-order valence-electron chi connectivity index (χ1n) is 10.2. The van der Waals surface area contributed by atoms with E-state index in [1.165, 1.54) is 0 Å². The topological polar surface area (TPSA) is 80.3 Å². The number of likely N-dealkylation sites (tertiary alicyclic amines) is 1. The minimum absolute atomic E-state index is 0.0485. The van der Waals surface area contributed by atoms with Crippen LogP contribution in [-0.2, 0) is 12.0 Å². The highest BCUT2D eigenvalue weighted by Crippen LogP contribution is 2.48. The fourth-order valence-corrected chi connectivity index (χ4v) is 4.72. The Morgan fingerprint density at radius 3 is 2.73 bits per heavy atom. The van der Waals surface area contributed by atoms with Gasteiger partial charge in [0.25, 0.3) is 0 Å². The second-order valence-electron chi connectivity index (χ2n) is 8.16. The van der Waals surface area contributed by atoms with Crippen LogP contribution < -0.4 is 4.90 Å². The average Bonchev–Trinajstić information content (AvgIpc) is 3.47. The predicted octanol–water partition coefficient (Wildman–Crippen LogP) is 4.41. The molecule has 0 atom stereocenters. The molecular weight excluding hydrogens is 404 g/mol. The summed E-state index contributed by atoms with van der Waals surface area (Å²) in [5.41, 5.74) is 2.19. The van der Waals surface area contributed by atoms with E-state index in [2.05, 4.69) is 15.1 Å². The highest BCUT2D eigenvalue weighted by Gasteiger charge is 2.46. The lowest BCUT2D eigenvalue weighted by atomic mass is 9.91. The summed E-state index contributed by atoms with van der Waals surface area (Å²) in [5.74, 6) is 0.974. The van der Waals surface area contributed by atoms with E-state index in [1.807, 2.05) is 48.4 Å². The first-order chi connectivity index (χ1) is 14.4. The van der Waals surface area contributed by atoms with Crippen LogP contribution >= 0.6 is 11.6 Å². The van der Waals surface area contributed by atoms with Gasteiger partial charge in [-0.3, -0.25) is 9.47 Å². The Labute approximate surface area is 179 Å². The number of urea groups is 1. The molecule has 5 rings (SSSR count). The van der Waals surface area contributed by atoms with E-state index in [-0.39, 0.29) is 6.03 Å². The summed E-state index contributed by atoms with van der Waals surface area (Å²) in [6, 6.07) is 5.59. The molecule has 3 aromatic rings. The molecule has 8 nitrogen and oxygen atoms in total. The lowest BCUT2D eigenvalue weighted by Crippen LogP contribution is -2.54. The zero-order valence-electron chi connectivity index (χ0n) is 17.2. The fourth-order valence-electron chi connectivity index (χ4n) is 4.46. The van der Waals surface area contributed by atoms with Crippen LogP contribution in [0.25, 0.3) is 17.2 Å². The summed E-state index contributed by atoms with van der Waals surface area (Å²) in [7, 11) is 0. The number of hydrogen-bond acceptors (Lipinski definition) is 5. The first-order valence-corrected chi connectivity index (χ1v) is 10.6. The highest BCUT2D eigenvalue weighted by molar-refractivity contribution is 6.34. The van der Waals surface area contributed by atoms with Crippen LogP contribution in [0, 0.1) is 0 Å². The molecule has 0 radical (unpaired) electrons. The van der Waals surface area contributed by atoms with Crippen LogP contribution in [0.2, 0.25) is 5.02 Å². The van der Waals surface area contributed by atoms with Crippen molar-refractivity contribution in [1.29, 1.82) is 0 Å². The third-order valence-corrected chi connectivity index (χ3v) is 6.21. The number of nitrogens with zero attached hydrogens (tertiary/aromatic N) is 6. The van der Waals surface area contributed by atoms with Crippen LogP contribution in [0.3, 0.4) is 0 Å². The smallest absolute Gasteiger partial charge is 0.325 e. The normalized spacial score (nSPS) is 17.2. The Bertz CT molecular complexity index is 1130. The lowest BCUT2D eigenvalue weighted by molar-refractivity contribution is 0.207. The van der Waals surface area contributed by atoms with Crippen LogP contribution in [0.4, 0.5) is 10.5 Å². The van der Waals surface area contributed by atoms with Crippen molar-refractivity contribution in [2.45, 2.75) is 45.6 Å². The quantitative estimate of drug-likeness (QED) is 0.606. The number of anilines is 1. The number of fused-ring (bicyclic) bond motifs is 3. The predicted molar refractivity (Wildman–Crippen MR) is 113 cm³/mol. The molecule has 4 heterocycles. The van der Waals surface area contributed by atoms with Gasteiger partial charge in [-0.2, -0.15) is 4.98 Å². The van der Waals surface area contributed by atoms with Crippen molar-refractivity contribution < 1.29 is 9.32 Å². The Hall–Kier alpha value is -2.87. The van der Waals surface area contributed by atoms with E-state index in [4.69, 9.17) is 16.1 Å². The van der Waals surface area contributed by atoms with Gasteiger partial charge in [0, 0.05) is 19.5 Å². The maximum Gasteiger partial charge on any atom is 0.325 e. The van der Waals surface area contributed by atoms with Crippen molar-refractivity contribution in [3.8, 4) is 17.2 Å². The van der Waals surface area contributed by atoms with Gasteiger partial charge in [0.05, 0.1) is 27.6 Å². The molecule has 2 aliphatic rings. The van der Waals surface area contributed by atoms with Gasteiger partial charge in [0.2, 0.25) is 11.7 Å². The molecule has 0 saturated carbocycles. The molecule has 30 heavy (non-hydrogen) atoms. The number of para-hydroxylation sites is 1. The molecule has 1 saturated heterocycles. The molecule has 0 N–H and O–H groups in total. The minimum Gasteiger partial charge on any atom is -0.339 e. The Morgan fingerprint density at radius 2 is 2.03 bits per heavy atom. The van der Waals surface area contributed by atoms with Gasteiger partial charge in [-0.15, -0.1) is 0 Å². The molecule has 0 bridgehead atoms. The van der Waals surface area contributed by atoms with Gasteiger partial charge in [-0.25, -0.2) is 9.78 Å². The second kappa shape index (κ2) is 6.84. The number of aryl methyl sites for hydroxylation is 1. The fraction of sp³-hybridized carbons (Fsp3) is 0.429. The Morgan fingerprint density at radius 1 is 1.27 bits per heavy atom. The first kappa shape index (κ1) is 19.1. The van der Waals surface area contributed by atoms with E-state index >= 15 is 0 Å². The van der Waals surface area contributed by atoms with Crippen molar-refractivity contribution in [1.82, 2.24) is 24.6 Å². The second-order valence-corrected chi connectivity index (χ2v) is 8.56. The van der Waals surface area contributed by atoms with Gasteiger partial charge >= 0.3 is 6.03 Å². The van der Waals surface area contributed by atoms with Gasteiger partial charge in [0.1, 0.15) is 12.0 Å². The van der Waals surface area contributed by atoms with Gasteiger partial charge in [0.15, 0.2) is 0 Å². The van der Waals surface area contributed by atoms with Gasteiger partial charge in [-0.05, 0) is 38.8 Å². The van der Waals surface area contributed by atoms with Crippen molar-refractivity contribution >= 4 is 23.3 Å². The molecule has 2 aliphatic heterocycles. The van der Waals surface area contributed by atoms with E-state index in [0.717, 1.165) is 37.3 Å². The Kier molecular flexibility index (Phi) is 4.36. The molecule has 9 heteroatoms. The zero-order valence-corrected chi connectivity index (χ0v) is 18.0. The van der Waals surface area contributed by atoms with Crippen LogP contribution in [-0.4, -0.2) is 43.7 Å². The largest absolute Gasteiger partial charge is 0.339 e. The van der Waals surface area contributed by atoms with Crippen molar-refractivity contribution in [3.63, 3.8) is 0 Å². The highest BCUT2D eigenvalue weighted by atomic mass is 35.5. The van der Waals surface area contributed by atoms with E-state index in [0.29, 0.717) is 34.5 Å². The lowest BCUT2D eigenvalue weighted by Gasteiger charge is -2.45.